The molecule has 0 bridgehead atoms. The van der Waals surface area contributed by atoms with E-state index >= 15 is 0 Å². The van der Waals surface area contributed by atoms with Crippen molar-refractivity contribution in [3.63, 3.8) is 0 Å². The number of aromatic nitrogens is 4. The Morgan fingerprint density at radius 3 is 2.82 bits per heavy atom. The molecule has 0 fully saturated rings. The van der Waals surface area contributed by atoms with E-state index in [-0.39, 0.29) is 11.9 Å². The van der Waals surface area contributed by atoms with E-state index < -0.39 is 0 Å². The molecule has 22 heavy (non-hydrogen) atoms. The molecule has 2 heterocycles. The molecule has 112 valence electrons. The molecule has 0 spiro atoms. The number of hydrogen-bond donors (Lipinski definition) is 1. The molecule has 3 rings (SSSR count). The maximum Gasteiger partial charge on any atom is 0.322 e. The van der Waals surface area contributed by atoms with Gasteiger partial charge in [0, 0.05) is 18.1 Å². The highest BCUT2D eigenvalue weighted by atomic mass is 32.2. The van der Waals surface area contributed by atoms with Gasteiger partial charge in [-0.3, -0.25) is 14.8 Å². The third kappa shape index (κ3) is 3.53. The molecular formula is C14H13N5O2S. The SMILES string of the molecule is Cn1ccc(C(=O)Nc2nnc(CSc3ccccc3)o2)n1. The van der Waals surface area contributed by atoms with Crippen LogP contribution < -0.4 is 5.32 Å². The maximum atomic E-state index is 11.9. The Balaban J connectivity index is 1.58. The van der Waals surface area contributed by atoms with E-state index in [1.807, 2.05) is 30.3 Å². The van der Waals surface area contributed by atoms with Crippen molar-refractivity contribution in [3.05, 3.63) is 54.2 Å². The third-order valence-electron chi connectivity index (χ3n) is 2.74. The van der Waals surface area contributed by atoms with Gasteiger partial charge in [0.2, 0.25) is 5.89 Å². The number of amides is 1. The van der Waals surface area contributed by atoms with Crippen LogP contribution in [0.25, 0.3) is 0 Å². The summed E-state index contributed by atoms with van der Waals surface area (Å²) in [7, 11) is 1.74. The standard InChI is InChI=1S/C14H13N5O2S/c1-19-8-7-11(18-19)13(20)15-14-17-16-12(21-14)9-22-10-5-3-2-4-6-10/h2-8H,9H2,1H3,(H,15,17,20). The summed E-state index contributed by atoms with van der Waals surface area (Å²) in [6, 6.07) is 11.6. The summed E-state index contributed by atoms with van der Waals surface area (Å²) < 4.78 is 6.94. The van der Waals surface area contributed by atoms with Crippen LogP contribution in [0.2, 0.25) is 0 Å². The van der Waals surface area contributed by atoms with Crippen LogP contribution in [0, 0.1) is 0 Å². The average molecular weight is 315 g/mol. The van der Waals surface area contributed by atoms with Gasteiger partial charge >= 0.3 is 6.01 Å². The number of carbonyl (C=O) groups excluding carboxylic acids is 1. The summed E-state index contributed by atoms with van der Waals surface area (Å²) in [5.74, 6) is 0.605. The Labute approximate surface area is 130 Å². The molecule has 0 radical (unpaired) electrons. The zero-order chi connectivity index (χ0) is 15.4. The quantitative estimate of drug-likeness (QED) is 0.727. The molecule has 8 heteroatoms. The summed E-state index contributed by atoms with van der Waals surface area (Å²) in [5.41, 5.74) is 0.293. The van der Waals surface area contributed by atoms with Gasteiger partial charge in [-0.05, 0) is 18.2 Å². The van der Waals surface area contributed by atoms with Crippen molar-refractivity contribution in [1.29, 1.82) is 0 Å². The van der Waals surface area contributed by atoms with Crippen LogP contribution in [0.3, 0.4) is 0 Å². The second-order valence-electron chi connectivity index (χ2n) is 4.43. The first-order valence-corrected chi connectivity index (χ1v) is 7.50. The minimum atomic E-state index is -0.383. The van der Waals surface area contributed by atoms with Crippen LogP contribution in [0.5, 0.6) is 0 Å². The number of aryl methyl sites for hydroxylation is 1. The molecular weight excluding hydrogens is 302 g/mol. The van der Waals surface area contributed by atoms with Crippen molar-refractivity contribution in [2.75, 3.05) is 5.32 Å². The van der Waals surface area contributed by atoms with Crippen molar-refractivity contribution in [3.8, 4) is 0 Å². The number of benzene rings is 1. The number of nitrogens with zero attached hydrogens (tertiary/aromatic N) is 4. The number of anilines is 1. The Bertz CT molecular complexity index is 768. The predicted octanol–water partition coefficient (Wildman–Crippen LogP) is 2.35. The molecule has 7 nitrogen and oxygen atoms in total. The van der Waals surface area contributed by atoms with Gasteiger partial charge in [0.1, 0.15) is 0 Å². The lowest BCUT2D eigenvalue weighted by Crippen LogP contribution is -2.13. The summed E-state index contributed by atoms with van der Waals surface area (Å²) in [6.07, 6.45) is 1.69. The Kier molecular flexibility index (Phi) is 4.19. The lowest BCUT2D eigenvalue weighted by atomic mass is 10.4. The second-order valence-corrected chi connectivity index (χ2v) is 5.48. The molecule has 1 N–H and O–H groups in total. The van der Waals surface area contributed by atoms with Crippen LogP contribution in [-0.2, 0) is 12.8 Å². The van der Waals surface area contributed by atoms with Crippen LogP contribution >= 0.6 is 11.8 Å². The highest BCUT2D eigenvalue weighted by Gasteiger charge is 2.13. The molecule has 0 aliphatic carbocycles. The second kappa shape index (κ2) is 6.44. The van der Waals surface area contributed by atoms with E-state index in [0.717, 1.165) is 4.90 Å². The fourth-order valence-electron chi connectivity index (χ4n) is 1.72. The van der Waals surface area contributed by atoms with Gasteiger partial charge in [-0.25, -0.2) is 0 Å². The van der Waals surface area contributed by atoms with Gasteiger partial charge in [0.25, 0.3) is 5.91 Å². The molecule has 0 saturated carbocycles. The number of rotatable bonds is 5. The Hall–Kier alpha value is -2.61. The van der Waals surface area contributed by atoms with Crippen LogP contribution in [0.1, 0.15) is 16.4 Å². The van der Waals surface area contributed by atoms with Crippen LogP contribution in [-0.4, -0.2) is 25.9 Å². The third-order valence-corrected chi connectivity index (χ3v) is 3.74. The first kappa shape index (κ1) is 14.3. The number of nitrogens with one attached hydrogen (secondary N) is 1. The van der Waals surface area contributed by atoms with E-state index in [0.29, 0.717) is 17.3 Å². The summed E-state index contributed by atoms with van der Waals surface area (Å²) in [5, 5.41) is 14.2. The minimum absolute atomic E-state index is 0.0688. The molecule has 2 aromatic heterocycles. The maximum absolute atomic E-state index is 11.9. The van der Waals surface area contributed by atoms with E-state index in [2.05, 4.69) is 20.6 Å². The van der Waals surface area contributed by atoms with Crippen molar-refractivity contribution in [1.82, 2.24) is 20.0 Å². The predicted molar refractivity (Wildman–Crippen MR) is 81.5 cm³/mol. The molecule has 0 unspecified atom stereocenters. The van der Waals surface area contributed by atoms with Crippen molar-refractivity contribution in [2.24, 2.45) is 7.05 Å². The summed E-state index contributed by atoms with van der Waals surface area (Å²) in [6.45, 7) is 0. The van der Waals surface area contributed by atoms with Crippen LogP contribution in [0.15, 0.2) is 51.9 Å². The van der Waals surface area contributed by atoms with Gasteiger partial charge in [0.15, 0.2) is 5.69 Å². The minimum Gasteiger partial charge on any atom is -0.407 e. The molecule has 1 amide bonds. The highest BCUT2D eigenvalue weighted by Crippen LogP contribution is 2.22. The van der Waals surface area contributed by atoms with E-state index in [4.69, 9.17) is 4.42 Å². The first-order valence-electron chi connectivity index (χ1n) is 6.52. The van der Waals surface area contributed by atoms with Crippen molar-refractivity contribution < 1.29 is 9.21 Å². The highest BCUT2D eigenvalue weighted by molar-refractivity contribution is 7.98. The zero-order valence-corrected chi connectivity index (χ0v) is 12.6. The molecule has 0 saturated heterocycles. The number of thioether (sulfide) groups is 1. The van der Waals surface area contributed by atoms with Crippen LogP contribution in [0.4, 0.5) is 6.01 Å². The number of carbonyl (C=O) groups is 1. The van der Waals surface area contributed by atoms with Crippen molar-refractivity contribution in [2.45, 2.75) is 10.6 Å². The van der Waals surface area contributed by atoms with E-state index in [9.17, 15) is 4.79 Å². The Morgan fingerprint density at radius 1 is 1.27 bits per heavy atom. The monoisotopic (exact) mass is 315 g/mol. The number of hydrogen-bond acceptors (Lipinski definition) is 6. The lowest BCUT2D eigenvalue weighted by Gasteiger charge is -1.97. The average Bonchev–Trinajstić information content (AvgIpc) is 3.15. The van der Waals surface area contributed by atoms with Gasteiger partial charge in [-0.2, -0.15) is 5.10 Å². The Morgan fingerprint density at radius 2 is 2.09 bits per heavy atom. The molecule has 0 atom stereocenters. The molecule has 3 aromatic rings. The summed E-state index contributed by atoms with van der Waals surface area (Å²) in [4.78, 5) is 13.0. The fraction of sp³-hybridized carbons (Fsp3) is 0.143. The molecule has 0 aliphatic heterocycles. The first-order chi connectivity index (χ1) is 10.7. The fourth-order valence-corrected chi connectivity index (χ4v) is 2.48. The van der Waals surface area contributed by atoms with Crippen molar-refractivity contribution >= 4 is 23.7 Å². The summed E-state index contributed by atoms with van der Waals surface area (Å²) >= 11 is 1.58. The smallest absolute Gasteiger partial charge is 0.322 e. The van der Waals surface area contributed by atoms with Gasteiger partial charge in [-0.1, -0.05) is 23.3 Å². The van der Waals surface area contributed by atoms with E-state index in [1.54, 1.807) is 35.8 Å². The largest absolute Gasteiger partial charge is 0.407 e. The van der Waals surface area contributed by atoms with E-state index in [1.165, 1.54) is 0 Å². The molecule has 0 aliphatic rings. The lowest BCUT2D eigenvalue weighted by molar-refractivity contribution is 0.101. The molecule has 1 aromatic carbocycles. The normalized spacial score (nSPS) is 10.6. The topological polar surface area (TPSA) is 85.8 Å². The van der Waals surface area contributed by atoms with Gasteiger partial charge in [0.05, 0.1) is 5.75 Å². The van der Waals surface area contributed by atoms with Gasteiger partial charge in [-0.15, -0.1) is 16.9 Å². The zero-order valence-electron chi connectivity index (χ0n) is 11.8. The van der Waals surface area contributed by atoms with Gasteiger partial charge < -0.3 is 4.42 Å².